The van der Waals surface area contributed by atoms with Crippen LogP contribution in [0, 0.1) is 0 Å². The van der Waals surface area contributed by atoms with Crippen molar-refractivity contribution in [3.63, 3.8) is 0 Å². The molecule has 4 rings (SSSR count). The summed E-state index contributed by atoms with van der Waals surface area (Å²) in [6, 6.07) is 7.12. The molecule has 3 heterocycles. The molecule has 6 nitrogen and oxygen atoms in total. The van der Waals surface area contributed by atoms with E-state index in [4.69, 9.17) is 17.3 Å². The van der Waals surface area contributed by atoms with Gasteiger partial charge in [-0.3, -0.25) is 15.0 Å². The molecule has 1 aromatic carbocycles. The number of carbonyl (C=O) groups excluding carboxylic acids is 2. The number of rotatable bonds is 3. The SMILES string of the molecule is CN1[C@@H]2CC[C@H]1c1c(sc(NC(=O)Nc3ccc(Cl)cc3)c1C(N)=O)C2.Cl. The molecule has 0 unspecified atom stereocenters. The van der Waals surface area contributed by atoms with Crippen LogP contribution in [0.1, 0.15) is 39.7 Å². The Hall–Kier alpha value is -1.80. The van der Waals surface area contributed by atoms with E-state index in [9.17, 15) is 9.59 Å². The highest BCUT2D eigenvalue weighted by molar-refractivity contribution is 7.17. The maximum absolute atomic E-state index is 12.4. The Balaban J connectivity index is 0.00000210. The first-order valence-corrected chi connectivity index (χ1v) is 9.64. The molecular formula is C18H20Cl2N4O2S. The number of urea groups is 1. The predicted octanol–water partition coefficient (Wildman–Crippen LogP) is 4.26. The maximum atomic E-state index is 12.4. The van der Waals surface area contributed by atoms with Gasteiger partial charge in [0.1, 0.15) is 5.00 Å². The summed E-state index contributed by atoms with van der Waals surface area (Å²) in [5.74, 6) is -0.497. The molecule has 1 saturated heterocycles. The number of halogens is 2. The summed E-state index contributed by atoms with van der Waals surface area (Å²) < 4.78 is 0. The number of likely N-dealkylation sites (N-methyl/N-ethyl adjacent to an activating group) is 1. The number of carbonyl (C=O) groups is 2. The molecule has 1 aromatic heterocycles. The van der Waals surface area contributed by atoms with Crippen LogP contribution >= 0.6 is 35.3 Å². The third-order valence-electron chi connectivity index (χ3n) is 5.19. The second kappa shape index (κ2) is 7.67. The van der Waals surface area contributed by atoms with Gasteiger partial charge in [-0.25, -0.2) is 4.79 Å². The van der Waals surface area contributed by atoms with Crippen molar-refractivity contribution in [3.8, 4) is 0 Å². The van der Waals surface area contributed by atoms with Crippen molar-refractivity contribution in [1.82, 2.24) is 4.90 Å². The molecule has 0 radical (unpaired) electrons. The van der Waals surface area contributed by atoms with Gasteiger partial charge in [-0.2, -0.15) is 0 Å². The molecule has 3 amide bonds. The Morgan fingerprint density at radius 1 is 1.22 bits per heavy atom. The van der Waals surface area contributed by atoms with Crippen LogP contribution in [0.25, 0.3) is 0 Å². The molecule has 0 saturated carbocycles. The zero-order valence-corrected chi connectivity index (χ0v) is 17.0. The number of fused-ring (bicyclic) bond motifs is 4. The topological polar surface area (TPSA) is 87.5 Å². The smallest absolute Gasteiger partial charge is 0.324 e. The lowest BCUT2D eigenvalue weighted by Gasteiger charge is -2.31. The summed E-state index contributed by atoms with van der Waals surface area (Å²) in [4.78, 5) is 28.0. The molecular weight excluding hydrogens is 407 g/mol. The molecule has 1 fully saturated rings. The fourth-order valence-electron chi connectivity index (χ4n) is 3.95. The van der Waals surface area contributed by atoms with E-state index in [-0.39, 0.29) is 18.4 Å². The Bertz CT molecular complexity index is 884. The normalized spacial score (nSPS) is 20.5. The van der Waals surface area contributed by atoms with Crippen LogP contribution in [0.5, 0.6) is 0 Å². The average molecular weight is 427 g/mol. The molecule has 2 aliphatic rings. The van der Waals surface area contributed by atoms with Gasteiger partial charge in [0.2, 0.25) is 0 Å². The van der Waals surface area contributed by atoms with Gasteiger partial charge in [0.05, 0.1) is 5.56 Å². The van der Waals surface area contributed by atoms with E-state index in [2.05, 4.69) is 22.6 Å². The van der Waals surface area contributed by atoms with Crippen molar-refractivity contribution in [2.24, 2.45) is 5.73 Å². The van der Waals surface area contributed by atoms with Crippen LogP contribution in [0.15, 0.2) is 24.3 Å². The Kier molecular flexibility index (Phi) is 5.67. The van der Waals surface area contributed by atoms with Crippen LogP contribution < -0.4 is 16.4 Å². The lowest BCUT2D eigenvalue weighted by molar-refractivity contribution is 0.0997. The van der Waals surface area contributed by atoms with E-state index in [0.29, 0.717) is 27.3 Å². The highest BCUT2D eigenvalue weighted by Crippen LogP contribution is 2.49. The number of anilines is 2. The van der Waals surface area contributed by atoms with Gasteiger partial charge in [-0.05, 0) is 56.1 Å². The largest absolute Gasteiger partial charge is 0.365 e. The third-order valence-corrected chi connectivity index (χ3v) is 6.59. The third kappa shape index (κ3) is 3.65. The first kappa shape index (κ1) is 19.9. The van der Waals surface area contributed by atoms with E-state index in [0.717, 1.165) is 29.7 Å². The van der Waals surface area contributed by atoms with Crippen molar-refractivity contribution in [1.29, 1.82) is 0 Å². The van der Waals surface area contributed by atoms with Gasteiger partial charge in [0.15, 0.2) is 0 Å². The van der Waals surface area contributed by atoms with Gasteiger partial charge in [-0.15, -0.1) is 23.7 Å². The van der Waals surface area contributed by atoms with Gasteiger partial charge in [-0.1, -0.05) is 11.6 Å². The highest BCUT2D eigenvalue weighted by atomic mass is 35.5. The molecule has 144 valence electrons. The Labute approximate surface area is 172 Å². The van der Waals surface area contributed by atoms with Crippen LogP contribution in [0.2, 0.25) is 5.02 Å². The van der Waals surface area contributed by atoms with E-state index in [1.807, 2.05) is 0 Å². The number of amides is 3. The lowest BCUT2D eigenvalue weighted by atomic mass is 9.97. The molecule has 4 N–H and O–H groups in total. The van der Waals surface area contributed by atoms with Crippen LogP contribution in [-0.2, 0) is 6.42 Å². The molecule has 2 aliphatic heterocycles. The zero-order valence-electron chi connectivity index (χ0n) is 14.6. The second-order valence-corrected chi connectivity index (χ2v) is 8.25. The Morgan fingerprint density at radius 3 is 2.59 bits per heavy atom. The lowest BCUT2D eigenvalue weighted by Crippen LogP contribution is -2.34. The summed E-state index contributed by atoms with van der Waals surface area (Å²) in [6.07, 6.45) is 3.04. The molecule has 0 spiro atoms. The van der Waals surface area contributed by atoms with Crippen molar-refractivity contribution >= 4 is 58.0 Å². The van der Waals surface area contributed by atoms with E-state index in [1.165, 1.54) is 11.3 Å². The van der Waals surface area contributed by atoms with E-state index < -0.39 is 11.9 Å². The number of benzene rings is 1. The maximum Gasteiger partial charge on any atom is 0.324 e. The fourth-order valence-corrected chi connectivity index (χ4v) is 5.40. The van der Waals surface area contributed by atoms with E-state index >= 15 is 0 Å². The van der Waals surface area contributed by atoms with Crippen molar-refractivity contribution < 1.29 is 9.59 Å². The molecule has 27 heavy (non-hydrogen) atoms. The van der Waals surface area contributed by atoms with Crippen molar-refractivity contribution in [2.45, 2.75) is 31.3 Å². The summed E-state index contributed by atoms with van der Waals surface area (Å²) in [5, 5.41) is 6.66. The summed E-state index contributed by atoms with van der Waals surface area (Å²) in [7, 11) is 2.09. The molecule has 9 heteroatoms. The first-order chi connectivity index (χ1) is 12.4. The zero-order chi connectivity index (χ0) is 18.4. The average Bonchev–Trinajstić information content (AvgIpc) is 3.05. The fraction of sp³-hybridized carbons (Fsp3) is 0.333. The number of primary amides is 1. The summed E-state index contributed by atoms with van der Waals surface area (Å²) in [5.41, 5.74) is 7.74. The number of nitrogens with zero attached hydrogens (tertiary/aromatic N) is 1. The highest BCUT2D eigenvalue weighted by Gasteiger charge is 2.42. The van der Waals surface area contributed by atoms with Crippen molar-refractivity contribution in [3.05, 3.63) is 45.3 Å². The van der Waals surface area contributed by atoms with Gasteiger partial charge in [0, 0.05) is 27.7 Å². The number of thiophene rings is 1. The van der Waals surface area contributed by atoms with Crippen LogP contribution in [0.3, 0.4) is 0 Å². The van der Waals surface area contributed by atoms with Gasteiger partial charge >= 0.3 is 6.03 Å². The van der Waals surface area contributed by atoms with Gasteiger partial charge < -0.3 is 11.1 Å². The minimum absolute atomic E-state index is 0. The molecule has 0 aliphatic carbocycles. The summed E-state index contributed by atoms with van der Waals surface area (Å²) in [6.45, 7) is 0. The monoisotopic (exact) mass is 426 g/mol. The summed E-state index contributed by atoms with van der Waals surface area (Å²) >= 11 is 7.31. The molecule has 2 atom stereocenters. The number of nitrogens with two attached hydrogens (primary N) is 1. The number of nitrogens with one attached hydrogen (secondary N) is 2. The van der Waals surface area contributed by atoms with Crippen LogP contribution in [0.4, 0.5) is 15.5 Å². The minimum Gasteiger partial charge on any atom is -0.365 e. The quantitative estimate of drug-likeness (QED) is 0.684. The number of hydrogen-bond acceptors (Lipinski definition) is 4. The predicted molar refractivity (Wildman–Crippen MR) is 111 cm³/mol. The molecule has 2 bridgehead atoms. The minimum atomic E-state index is -0.497. The Morgan fingerprint density at radius 2 is 1.93 bits per heavy atom. The molecule has 2 aromatic rings. The standard InChI is InChI=1S/C18H19ClN4O2S.ClH/c1-23-11-6-7-12(23)14-13(8-11)26-17(15(14)16(20)24)22-18(25)21-10-4-2-9(19)3-5-10;/h2-5,11-12H,6-8H2,1H3,(H2,20,24)(H2,21,22,25);1H/t11-,12+;/m1./s1. The van der Waals surface area contributed by atoms with Crippen LogP contribution in [-0.4, -0.2) is 29.9 Å². The van der Waals surface area contributed by atoms with Gasteiger partial charge in [0.25, 0.3) is 5.91 Å². The first-order valence-electron chi connectivity index (χ1n) is 8.45. The second-order valence-electron chi connectivity index (χ2n) is 6.71. The van der Waals surface area contributed by atoms with E-state index in [1.54, 1.807) is 24.3 Å². The van der Waals surface area contributed by atoms with Crippen molar-refractivity contribution in [2.75, 3.05) is 17.7 Å². The number of hydrogen-bond donors (Lipinski definition) is 3.